The molecule has 1 heterocycles. The number of nitrogens with zero attached hydrogens (tertiary/aromatic N) is 1. The molecule has 1 aromatic carbocycles. The molecule has 0 saturated carbocycles. The molecule has 27 heavy (non-hydrogen) atoms. The molecule has 2 atom stereocenters. The van der Waals surface area contributed by atoms with Crippen molar-refractivity contribution >= 4 is 21.7 Å². The maximum atomic E-state index is 13.7. The minimum atomic E-state index is -3.13. The van der Waals surface area contributed by atoms with E-state index in [2.05, 4.69) is 0 Å². The van der Waals surface area contributed by atoms with E-state index in [1.807, 2.05) is 0 Å². The van der Waals surface area contributed by atoms with Crippen molar-refractivity contribution in [1.82, 2.24) is 4.90 Å². The summed E-state index contributed by atoms with van der Waals surface area (Å²) in [4.78, 5) is 26.1. The molecule has 1 saturated heterocycles. The number of carbonyl (C=O) groups is 2. The fourth-order valence-corrected chi connectivity index (χ4v) is 4.86. The number of carbonyl (C=O) groups excluding carboxylic acids is 2. The van der Waals surface area contributed by atoms with Crippen molar-refractivity contribution in [3.05, 3.63) is 29.6 Å². The van der Waals surface area contributed by atoms with Crippen molar-refractivity contribution in [3.63, 3.8) is 0 Å². The van der Waals surface area contributed by atoms with Gasteiger partial charge in [0.15, 0.2) is 27.5 Å². The Bertz CT molecular complexity index is 810. The normalized spacial score (nSPS) is 19.3. The van der Waals surface area contributed by atoms with E-state index < -0.39 is 39.7 Å². The van der Waals surface area contributed by atoms with Crippen LogP contribution in [0.3, 0.4) is 0 Å². The Hall–Kier alpha value is -2.16. The highest BCUT2D eigenvalue weighted by molar-refractivity contribution is 7.91. The number of hydrogen-bond donors (Lipinski definition) is 0. The van der Waals surface area contributed by atoms with Gasteiger partial charge in [0.2, 0.25) is 0 Å². The molecular formula is C18H24FNO6S. The Morgan fingerprint density at radius 3 is 2.59 bits per heavy atom. The highest BCUT2D eigenvalue weighted by Gasteiger charge is 2.36. The highest BCUT2D eigenvalue weighted by atomic mass is 32.2. The van der Waals surface area contributed by atoms with Gasteiger partial charge in [0.25, 0.3) is 5.91 Å². The lowest BCUT2D eigenvalue weighted by Crippen LogP contribution is -2.46. The number of esters is 1. The van der Waals surface area contributed by atoms with Crippen LogP contribution in [0.2, 0.25) is 0 Å². The maximum Gasteiger partial charge on any atom is 0.311 e. The Kier molecular flexibility index (Phi) is 6.80. The monoisotopic (exact) mass is 401 g/mol. The zero-order chi connectivity index (χ0) is 20.2. The van der Waals surface area contributed by atoms with Crippen LogP contribution in [0.5, 0.6) is 5.75 Å². The number of halogens is 1. The number of likely N-dealkylation sites (N-methyl/N-ethyl adjacent to an activating group) is 1. The summed E-state index contributed by atoms with van der Waals surface area (Å²) in [5.74, 6) is -1.64. The summed E-state index contributed by atoms with van der Waals surface area (Å²) in [6, 6.07) is 3.72. The number of amides is 1. The Morgan fingerprint density at radius 1 is 1.37 bits per heavy atom. The zero-order valence-electron chi connectivity index (χ0n) is 15.6. The van der Waals surface area contributed by atoms with Crippen LogP contribution in [0, 0.1) is 5.82 Å². The molecular weight excluding hydrogens is 377 g/mol. The van der Waals surface area contributed by atoms with Gasteiger partial charge < -0.3 is 14.4 Å². The molecule has 150 valence electrons. The van der Waals surface area contributed by atoms with Gasteiger partial charge in [-0.1, -0.05) is 6.07 Å². The topological polar surface area (TPSA) is 90.0 Å². The van der Waals surface area contributed by atoms with E-state index in [0.717, 1.165) is 0 Å². The van der Waals surface area contributed by atoms with Gasteiger partial charge in [-0.25, -0.2) is 12.8 Å². The lowest BCUT2D eigenvalue weighted by atomic mass is 10.1. The fourth-order valence-electron chi connectivity index (χ4n) is 3.12. The minimum absolute atomic E-state index is 0.0542. The van der Waals surface area contributed by atoms with Crippen LogP contribution < -0.4 is 4.74 Å². The van der Waals surface area contributed by atoms with Gasteiger partial charge in [-0.15, -0.1) is 0 Å². The first kappa shape index (κ1) is 21.1. The first-order chi connectivity index (χ1) is 12.7. The average molecular weight is 401 g/mol. The molecule has 1 aromatic rings. The molecule has 1 fully saturated rings. The van der Waals surface area contributed by atoms with E-state index in [4.69, 9.17) is 9.47 Å². The second kappa shape index (κ2) is 8.69. The van der Waals surface area contributed by atoms with Crippen molar-refractivity contribution in [1.29, 1.82) is 0 Å². The van der Waals surface area contributed by atoms with Gasteiger partial charge in [0.1, 0.15) is 0 Å². The first-order valence-corrected chi connectivity index (χ1v) is 10.5. The summed E-state index contributed by atoms with van der Waals surface area (Å²) < 4.78 is 47.0. The number of methoxy groups -OCH3 is 1. The van der Waals surface area contributed by atoms with Gasteiger partial charge in [-0.2, -0.15) is 0 Å². The van der Waals surface area contributed by atoms with Crippen molar-refractivity contribution in [2.45, 2.75) is 38.8 Å². The van der Waals surface area contributed by atoms with E-state index in [9.17, 15) is 22.4 Å². The molecule has 2 rings (SSSR count). The Labute approximate surface area is 158 Å². The van der Waals surface area contributed by atoms with Crippen molar-refractivity contribution in [2.75, 3.05) is 25.2 Å². The maximum absolute atomic E-state index is 13.7. The van der Waals surface area contributed by atoms with Crippen molar-refractivity contribution < 1.29 is 31.9 Å². The van der Waals surface area contributed by atoms with E-state index in [1.54, 1.807) is 6.92 Å². The summed E-state index contributed by atoms with van der Waals surface area (Å²) in [5.41, 5.74) is 0.396. The van der Waals surface area contributed by atoms with E-state index in [0.29, 0.717) is 18.5 Å². The molecule has 1 amide bonds. The second-order valence-electron chi connectivity index (χ2n) is 6.46. The summed E-state index contributed by atoms with van der Waals surface area (Å²) in [5, 5.41) is 0. The smallest absolute Gasteiger partial charge is 0.311 e. The predicted molar refractivity (Wildman–Crippen MR) is 96.7 cm³/mol. The molecule has 1 aliphatic heterocycles. The third-order valence-electron chi connectivity index (χ3n) is 4.49. The lowest BCUT2D eigenvalue weighted by Gasteiger charge is -2.29. The summed E-state index contributed by atoms with van der Waals surface area (Å²) in [6.07, 6.45) is -0.861. The molecule has 0 aliphatic carbocycles. The van der Waals surface area contributed by atoms with Crippen LogP contribution >= 0.6 is 0 Å². The van der Waals surface area contributed by atoms with E-state index in [-0.39, 0.29) is 23.7 Å². The molecule has 1 aliphatic rings. The molecule has 7 nitrogen and oxygen atoms in total. The van der Waals surface area contributed by atoms with E-state index in [1.165, 1.54) is 37.1 Å². The predicted octanol–water partition coefficient (Wildman–Crippen LogP) is 1.34. The van der Waals surface area contributed by atoms with Crippen molar-refractivity contribution in [2.24, 2.45) is 0 Å². The molecule has 0 spiro atoms. The third-order valence-corrected chi connectivity index (χ3v) is 6.24. The van der Waals surface area contributed by atoms with Gasteiger partial charge >= 0.3 is 5.97 Å². The van der Waals surface area contributed by atoms with Crippen LogP contribution in [0.4, 0.5) is 4.39 Å². The lowest BCUT2D eigenvalue weighted by molar-refractivity contribution is -0.159. The molecule has 9 heteroatoms. The second-order valence-corrected chi connectivity index (χ2v) is 8.69. The van der Waals surface area contributed by atoms with Crippen LogP contribution in [0.25, 0.3) is 0 Å². The van der Waals surface area contributed by atoms with Gasteiger partial charge in [-0.05, 0) is 38.0 Å². The first-order valence-electron chi connectivity index (χ1n) is 8.69. The molecule has 0 unspecified atom stereocenters. The Balaban J connectivity index is 1.96. The molecule has 0 N–H and O–H groups in total. The van der Waals surface area contributed by atoms with E-state index >= 15 is 0 Å². The van der Waals surface area contributed by atoms with Gasteiger partial charge in [0.05, 0.1) is 25.0 Å². The van der Waals surface area contributed by atoms with Gasteiger partial charge in [-0.3, -0.25) is 9.59 Å². The van der Waals surface area contributed by atoms with Crippen LogP contribution in [-0.2, 0) is 30.6 Å². The average Bonchev–Trinajstić information content (AvgIpc) is 2.95. The zero-order valence-corrected chi connectivity index (χ0v) is 16.4. The quantitative estimate of drug-likeness (QED) is 0.641. The summed E-state index contributed by atoms with van der Waals surface area (Å²) >= 11 is 0. The fraction of sp³-hybridized carbons (Fsp3) is 0.556. The van der Waals surface area contributed by atoms with Crippen LogP contribution in [0.15, 0.2) is 18.2 Å². The standard InChI is InChI=1S/C18H24FNO6S/c1-4-20(14-7-8-27(23,24)11-14)18(22)12(2)26-17(21)10-13-5-6-16(25-3)15(19)9-13/h5-6,9,12,14H,4,7-8,10-11H2,1-3H3/t12-,14-/m1/s1. The van der Waals surface area contributed by atoms with Crippen LogP contribution in [0.1, 0.15) is 25.8 Å². The Morgan fingerprint density at radius 2 is 2.07 bits per heavy atom. The number of sulfone groups is 1. The van der Waals surface area contributed by atoms with Crippen molar-refractivity contribution in [3.8, 4) is 5.75 Å². The third kappa shape index (κ3) is 5.41. The highest BCUT2D eigenvalue weighted by Crippen LogP contribution is 2.20. The van der Waals surface area contributed by atoms with Gasteiger partial charge in [0, 0.05) is 12.6 Å². The van der Waals surface area contributed by atoms with Crippen LogP contribution in [-0.4, -0.2) is 62.5 Å². The summed E-state index contributed by atoms with van der Waals surface area (Å²) in [6.45, 7) is 3.52. The SMILES string of the molecule is CCN(C(=O)[C@@H](C)OC(=O)Cc1ccc(OC)c(F)c1)[C@@H]1CCS(=O)(=O)C1. The number of benzene rings is 1. The largest absolute Gasteiger partial charge is 0.494 e. The molecule has 0 radical (unpaired) electrons. The number of ether oxygens (including phenoxy) is 2. The minimum Gasteiger partial charge on any atom is -0.494 e. The number of rotatable bonds is 7. The number of hydrogen-bond acceptors (Lipinski definition) is 6. The summed E-state index contributed by atoms with van der Waals surface area (Å²) in [7, 11) is -1.79. The molecule has 0 bridgehead atoms. The molecule has 0 aromatic heterocycles.